The fourth-order valence-electron chi connectivity index (χ4n) is 3.51. The van der Waals surface area contributed by atoms with E-state index in [4.69, 9.17) is 4.74 Å². The first-order chi connectivity index (χ1) is 13.7. The van der Waals surface area contributed by atoms with Gasteiger partial charge in [0, 0.05) is 46.8 Å². The number of piperidine rings is 1. The van der Waals surface area contributed by atoms with Crippen LogP contribution in [0.15, 0.2) is 35.3 Å². The molecule has 1 fully saturated rings. The normalized spacial score (nSPS) is 15.5. The molecule has 0 unspecified atom stereocenters. The number of hydrogen-bond donors (Lipinski definition) is 2. The number of guanidine groups is 1. The number of nitrogens with one attached hydrogen (secondary N) is 2. The summed E-state index contributed by atoms with van der Waals surface area (Å²) in [5, 5.41) is 6.18. The highest BCUT2D eigenvalue weighted by molar-refractivity contribution is 5.80. The molecule has 6 nitrogen and oxygen atoms in total. The van der Waals surface area contributed by atoms with Crippen molar-refractivity contribution < 1.29 is 9.53 Å². The van der Waals surface area contributed by atoms with Crippen LogP contribution in [-0.2, 0) is 16.0 Å². The van der Waals surface area contributed by atoms with Gasteiger partial charge in [-0.15, -0.1) is 0 Å². The van der Waals surface area contributed by atoms with Crippen LogP contribution < -0.4 is 10.6 Å². The van der Waals surface area contributed by atoms with Crippen LogP contribution in [-0.4, -0.2) is 63.7 Å². The monoisotopic (exact) mass is 388 g/mol. The van der Waals surface area contributed by atoms with Gasteiger partial charge in [-0.1, -0.05) is 30.3 Å². The van der Waals surface area contributed by atoms with E-state index in [0.717, 1.165) is 70.9 Å². The Kier molecular flexibility index (Phi) is 10.4. The third-order valence-corrected chi connectivity index (χ3v) is 5.26. The van der Waals surface area contributed by atoms with Gasteiger partial charge in [0.15, 0.2) is 5.96 Å². The maximum atomic E-state index is 11.5. The minimum atomic E-state index is 0.145. The molecule has 156 valence electrons. The Bertz CT molecular complexity index is 583. The number of ether oxygens (including phenoxy) is 1. The fraction of sp³-hybridized carbons (Fsp3) is 0.636. The summed E-state index contributed by atoms with van der Waals surface area (Å²) in [7, 11) is 3.54. The van der Waals surface area contributed by atoms with Crippen molar-refractivity contribution in [3.8, 4) is 0 Å². The van der Waals surface area contributed by atoms with Gasteiger partial charge in [-0.25, -0.2) is 0 Å². The first-order valence-electron chi connectivity index (χ1n) is 10.5. The predicted octanol–water partition coefficient (Wildman–Crippen LogP) is 2.45. The van der Waals surface area contributed by atoms with Crippen LogP contribution in [0.1, 0.15) is 37.7 Å². The minimum absolute atomic E-state index is 0.145. The fourth-order valence-corrected chi connectivity index (χ4v) is 3.51. The lowest BCUT2D eigenvalue weighted by atomic mass is 9.93. The van der Waals surface area contributed by atoms with E-state index in [9.17, 15) is 4.79 Å². The Hall–Kier alpha value is -2.08. The molecule has 28 heavy (non-hydrogen) atoms. The van der Waals surface area contributed by atoms with Crippen molar-refractivity contribution in [2.24, 2.45) is 10.9 Å². The van der Waals surface area contributed by atoms with E-state index in [1.807, 2.05) is 13.1 Å². The zero-order chi connectivity index (χ0) is 20.0. The maximum absolute atomic E-state index is 11.5. The van der Waals surface area contributed by atoms with E-state index in [0.29, 0.717) is 12.3 Å². The standard InChI is InChI=1S/C22H36N4O2/c1-23-21(27)18-20-10-14-26(15-11-20)22(24-2)25-13-6-7-16-28-17-12-19-8-4-3-5-9-19/h3-5,8-9,20H,6-7,10-18H2,1-2H3,(H,23,27)(H,24,25). The molecule has 0 saturated carbocycles. The summed E-state index contributed by atoms with van der Waals surface area (Å²) in [6.07, 6.45) is 5.82. The van der Waals surface area contributed by atoms with Gasteiger partial charge >= 0.3 is 0 Å². The maximum Gasteiger partial charge on any atom is 0.220 e. The van der Waals surface area contributed by atoms with Gasteiger partial charge in [0.2, 0.25) is 5.91 Å². The van der Waals surface area contributed by atoms with Gasteiger partial charge in [0.1, 0.15) is 0 Å². The number of aliphatic imine (C=N–C) groups is 1. The van der Waals surface area contributed by atoms with Gasteiger partial charge < -0.3 is 20.3 Å². The average molecular weight is 389 g/mol. The Morgan fingerprint density at radius 3 is 2.61 bits per heavy atom. The van der Waals surface area contributed by atoms with Crippen LogP contribution in [0.25, 0.3) is 0 Å². The molecule has 0 aliphatic carbocycles. The van der Waals surface area contributed by atoms with Gasteiger partial charge in [-0.05, 0) is 43.6 Å². The Labute approximate surface area is 169 Å². The molecule has 1 aliphatic rings. The number of hydrogen-bond acceptors (Lipinski definition) is 3. The average Bonchev–Trinajstić information content (AvgIpc) is 2.74. The van der Waals surface area contributed by atoms with Crippen molar-refractivity contribution in [1.29, 1.82) is 0 Å². The lowest BCUT2D eigenvalue weighted by Crippen LogP contribution is -2.46. The molecule has 0 atom stereocenters. The summed E-state index contributed by atoms with van der Waals surface area (Å²) >= 11 is 0. The molecule has 6 heteroatoms. The second-order valence-electron chi connectivity index (χ2n) is 7.34. The van der Waals surface area contributed by atoms with Crippen LogP contribution in [0.2, 0.25) is 0 Å². The highest BCUT2D eigenvalue weighted by Crippen LogP contribution is 2.20. The van der Waals surface area contributed by atoms with Crippen molar-refractivity contribution in [1.82, 2.24) is 15.5 Å². The lowest BCUT2D eigenvalue weighted by Gasteiger charge is -2.34. The molecular formula is C22H36N4O2. The van der Waals surface area contributed by atoms with E-state index in [-0.39, 0.29) is 5.91 Å². The zero-order valence-corrected chi connectivity index (χ0v) is 17.5. The van der Waals surface area contributed by atoms with Crippen LogP contribution >= 0.6 is 0 Å². The molecule has 0 radical (unpaired) electrons. The number of carbonyl (C=O) groups excluding carboxylic acids is 1. The molecule has 1 aromatic rings. The van der Waals surface area contributed by atoms with Crippen LogP contribution in [0.3, 0.4) is 0 Å². The quantitative estimate of drug-likeness (QED) is 0.367. The molecule has 1 saturated heterocycles. The Morgan fingerprint density at radius 2 is 1.93 bits per heavy atom. The van der Waals surface area contributed by atoms with E-state index < -0.39 is 0 Å². The summed E-state index contributed by atoms with van der Waals surface area (Å²) in [5.41, 5.74) is 1.33. The second-order valence-corrected chi connectivity index (χ2v) is 7.34. The largest absolute Gasteiger partial charge is 0.381 e. The third kappa shape index (κ3) is 8.30. The summed E-state index contributed by atoms with van der Waals surface area (Å²) in [6, 6.07) is 10.5. The van der Waals surface area contributed by atoms with Crippen LogP contribution in [0.4, 0.5) is 0 Å². The van der Waals surface area contributed by atoms with Gasteiger partial charge in [0.05, 0.1) is 6.61 Å². The summed E-state index contributed by atoms with van der Waals surface area (Å²) in [4.78, 5) is 18.2. The predicted molar refractivity (Wildman–Crippen MR) is 115 cm³/mol. The molecule has 1 aromatic carbocycles. The van der Waals surface area contributed by atoms with Crippen molar-refractivity contribution in [3.05, 3.63) is 35.9 Å². The molecule has 0 bridgehead atoms. The van der Waals surface area contributed by atoms with Gasteiger partial charge in [0.25, 0.3) is 0 Å². The Morgan fingerprint density at radius 1 is 1.18 bits per heavy atom. The molecule has 2 rings (SSSR count). The number of rotatable bonds is 10. The molecule has 2 N–H and O–H groups in total. The molecule has 1 heterocycles. The van der Waals surface area contributed by atoms with E-state index >= 15 is 0 Å². The third-order valence-electron chi connectivity index (χ3n) is 5.26. The molecular weight excluding hydrogens is 352 g/mol. The van der Waals surface area contributed by atoms with Crippen molar-refractivity contribution in [2.75, 3.05) is 46.9 Å². The highest BCUT2D eigenvalue weighted by atomic mass is 16.5. The number of amides is 1. The highest BCUT2D eigenvalue weighted by Gasteiger charge is 2.22. The van der Waals surface area contributed by atoms with Crippen molar-refractivity contribution in [2.45, 2.75) is 38.5 Å². The second kappa shape index (κ2) is 13.2. The number of nitrogens with zero attached hydrogens (tertiary/aromatic N) is 2. The number of unbranched alkanes of at least 4 members (excludes halogenated alkanes) is 1. The molecule has 0 aromatic heterocycles. The Balaban J connectivity index is 1.51. The lowest BCUT2D eigenvalue weighted by molar-refractivity contribution is -0.121. The molecule has 1 amide bonds. The molecule has 1 aliphatic heterocycles. The number of likely N-dealkylation sites (tertiary alicyclic amines) is 1. The van der Waals surface area contributed by atoms with Gasteiger partial charge in [-0.3, -0.25) is 9.79 Å². The topological polar surface area (TPSA) is 66.0 Å². The van der Waals surface area contributed by atoms with E-state index in [1.54, 1.807) is 7.05 Å². The number of benzene rings is 1. The first kappa shape index (κ1) is 22.2. The van der Waals surface area contributed by atoms with Crippen LogP contribution in [0, 0.1) is 5.92 Å². The van der Waals surface area contributed by atoms with Crippen LogP contribution in [0.5, 0.6) is 0 Å². The summed E-state index contributed by atoms with van der Waals surface area (Å²) in [6.45, 7) is 4.42. The smallest absolute Gasteiger partial charge is 0.220 e. The van der Waals surface area contributed by atoms with E-state index in [1.165, 1.54) is 5.56 Å². The molecule has 0 spiro atoms. The first-order valence-corrected chi connectivity index (χ1v) is 10.5. The SMILES string of the molecule is CN=C(NCCCCOCCc1ccccc1)N1CCC(CC(=O)NC)CC1. The van der Waals surface area contributed by atoms with Crippen molar-refractivity contribution >= 4 is 11.9 Å². The van der Waals surface area contributed by atoms with Gasteiger partial charge in [-0.2, -0.15) is 0 Å². The summed E-state index contributed by atoms with van der Waals surface area (Å²) < 4.78 is 5.74. The zero-order valence-electron chi connectivity index (χ0n) is 17.5. The summed E-state index contributed by atoms with van der Waals surface area (Å²) in [5.74, 6) is 1.61. The minimum Gasteiger partial charge on any atom is -0.381 e. The van der Waals surface area contributed by atoms with E-state index in [2.05, 4.69) is 44.8 Å². The number of carbonyl (C=O) groups is 1. The van der Waals surface area contributed by atoms with Crippen molar-refractivity contribution in [3.63, 3.8) is 0 Å².